The van der Waals surface area contributed by atoms with Gasteiger partial charge in [-0.15, -0.1) is 71.0 Å². The number of benzene rings is 6. The number of halogens is 2. The second kappa shape index (κ2) is 18.4. The minimum atomic E-state index is 0. The van der Waals surface area contributed by atoms with Crippen molar-refractivity contribution in [2.75, 3.05) is 0 Å². The number of hydrogen-bond acceptors (Lipinski definition) is 0. The molecule has 7 aromatic carbocycles. The van der Waals surface area contributed by atoms with Gasteiger partial charge in [-0.3, -0.25) is 6.08 Å². The van der Waals surface area contributed by atoms with Crippen molar-refractivity contribution in [1.29, 1.82) is 0 Å². The van der Waals surface area contributed by atoms with Crippen LogP contribution in [0.4, 0.5) is 0 Å². The van der Waals surface area contributed by atoms with Crippen LogP contribution in [0.1, 0.15) is 123 Å². The molecule has 0 radical (unpaired) electrons. The van der Waals surface area contributed by atoms with E-state index in [9.17, 15) is 0 Å². The Bertz CT molecular complexity index is 2410. The Morgan fingerprint density at radius 1 is 0.483 bits per heavy atom. The summed E-state index contributed by atoms with van der Waals surface area (Å²) in [4.78, 5) is 0. The van der Waals surface area contributed by atoms with Gasteiger partial charge in [0.1, 0.15) is 0 Å². The molecule has 0 nitrogen and oxygen atoms in total. The molecule has 0 bridgehead atoms. The molecule has 7 aromatic rings. The zero-order valence-electron chi connectivity index (χ0n) is 36.7. The van der Waals surface area contributed by atoms with Gasteiger partial charge in [0.05, 0.1) is 0 Å². The van der Waals surface area contributed by atoms with Crippen molar-refractivity contribution >= 4 is 71.1 Å². The maximum atomic E-state index is 2.99. The monoisotopic (exact) mass is 882 g/mol. The third-order valence-corrected chi connectivity index (χ3v) is 12.2. The van der Waals surface area contributed by atoms with Crippen LogP contribution in [0.5, 0.6) is 0 Å². The second-order valence-corrected chi connectivity index (χ2v) is 20.8. The van der Waals surface area contributed by atoms with Crippen LogP contribution in [-0.4, -0.2) is 3.21 Å². The van der Waals surface area contributed by atoms with E-state index in [2.05, 4.69) is 210 Å². The van der Waals surface area contributed by atoms with Crippen LogP contribution in [0, 0.1) is 6.08 Å². The van der Waals surface area contributed by atoms with Gasteiger partial charge in [0.25, 0.3) is 0 Å². The molecule has 0 aliphatic heterocycles. The molecule has 1 aliphatic rings. The minimum absolute atomic E-state index is 0. The van der Waals surface area contributed by atoms with E-state index in [-0.39, 0.29) is 46.5 Å². The molecule has 0 saturated heterocycles. The summed E-state index contributed by atoms with van der Waals surface area (Å²) in [5.74, 6) is 0. The maximum absolute atomic E-state index is 2.99. The molecule has 0 heterocycles. The van der Waals surface area contributed by atoms with Gasteiger partial charge in [0.15, 0.2) is 0 Å². The van der Waals surface area contributed by atoms with E-state index in [1.165, 1.54) is 104 Å². The Balaban J connectivity index is 0.000000227. The molecule has 1 aliphatic carbocycles. The topological polar surface area (TPSA) is 0 Å². The molecule has 0 aromatic heterocycles. The van der Waals surface area contributed by atoms with Crippen LogP contribution in [0.15, 0.2) is 133 Å². The van der Waals surface area contributed by atoms with Gasteiger partial charge in [0, 0.05) is 0 Å². The SMILES string of the molecule is CC(C)(C)c1cc2[cH-]c3cc(C(C)(C)C)c(C(C)(C)C)cc3c2cc1C(C)(C)C.Cl.Cl.[C-]1=CC=CC1.[Zr+2]=[C](c1cccc2ccccc12)c1cccc2ccccc12. The first kappa shape index (κ1) is 47.2. The van der Waals surface area contributed by atoms with E-state index in [0.29, 0.717) is 0 Å². The third-order valence-electron chi connectivity index (χ3n) is 10.9. The van der Waals surface area contributed by atoms with Gasteiger partial charge in [-0.2, -0.15) is 6.08 Å². The summed E-state index contributed by atoms with van der Waals surface area (Å²) in [6, 6.07) is 42.8. The van der Waals surface area contributed by atoms with Crippen molar-refractivity contribution < 1.29 is 24.2 Å². The summed E-state index contributed by atoms with van der Waals surface area (Å²) >= 11 is 1.44. The van der Waals surface area contributed by atoms with E-state index in [1.54, 1.807) is 0 Å². The summed E-state index contributed by atoms with van der Waals surface area (Å²) < 4.78 is 1.42. The van der Waals surface area contributed by atoms with Crippen LogP contribution in [-0.2, 0) is 45.9 Å². The fourth-order valence-corrected chi connectivity index (χ4v) is 9.03. The normalized spacial score (nSPS) is 12.8. The standard InChI is InChI=1S/C29H41.C21H14.C5H5.2ClH.Zr/c1-26(2,3)22-14-18-13-19-15-23(27(4,5)6)25(29(10,11)12)17-21(19)20(18)16-24(22)28(7,8)9;1-3-13-20-16(7-1)9-5-11-18(20)15-19-12-6-10-17-8-2-4-14-21(17)19;1-2-4-5-3-1;;;/h13-17H,1-12H3;1-14H;1-3H,4H2;2*1H;/q-1;;-1;;;+2. The fourth-order valence-electron chi connectivity index (χ4n) is 7.96. The predicted molar refractivity (Wildman–Crippen MR) is 259 cm³/mol. The van der Waals surface area contributed by atoms with E-state index in [4.69, 9.17) is 0 Å². The van der Waals surface area contributed by atoms with Crippen LogP contribution >= 0.6 is 24.8 Å². The fraction of sp³-hybridized carbons (Fsp3) is 0.309. The van der Waals surface area contributed by atoms with Crippen molar-refractivity contribution in [1.82, 2.24) is 0 Å². The molecule has 8 rings (SSSR count). The Morgan fingerprint density at radius 2 is 0.845 bits per heavy atom. The number of fused-ring (bicyclic) bond motifs is 5. The van der Waals surface area contributed by atoms with Crippen molar-refractivity contribution in [2.24, 2.45) is 0 Å². The van der Waals surface area contributed by atoms with Gasteiger partial charge >= 0.3 is 145 Å². The van der Waals surface area contributed by atoms with E-state index >= 15 is 0 Å². The quantitative estimate of drug-likeness (QED) is 0.152. The van der Waals surface area contributed by atoms with Gasteiger partial charge in [-0.25, -0.2) is 12.2 Å². The predicted octanol–water partition coefficient (Wildman–Crippen LogP) is 16.2. The molecule has 0 unspecified atom stereocenters. The molecule has 0 saturated carbocycles. The molecule has 0 amide bonds. The molecule has 300 valence electrons. The molecular formula is C55H62Cl2Zr. The van der Waals surface area contributed by atoms with E-state index in [1.807, 2.05) is 12.2 Å². The van der Waals surface area contributed by atoms with Crippen molar-refractivity contribution in [3.63, 3.8) is 0 Å². The summed E-state index contributed by atoms with van der Waals surface area (Å²) in [5.41, 5.74) is 9.11. The van der Waals surface area contributed by atoms with Crippen LogP contribution < -0.4 is 0 Å². The zero-order valence-corrected chi connectivity index (χ0v) is 40.8. The third kappa shape index (κ3) is 10.4. The first-order valence-electron chi connectivity index (χ1n) is 20.2. The van der Waals surface area contributed by atoms with Gasteiger partial charge < -0.3 is 0 Å². The molecule has 0 atom stereocenters. The molecule has 58 heavy (non-hydrogen) atoms. The number of rotatable bonds is 2. The van der Waals surface area contributed by atoms with Crippen molar-refractivity contribution in [3.05, 3.63) is 173 Å². The average molecular weight is 885 g/mol. The summed E-state index contributed by atoms with van der Waals surface area (Å²) in [5, 5.41) is 10.9. The zero-order chi connectivity index (χ0) is 40.6. The molecule has 0 N–H and O–H groups in total. The summed E-state index contributed by atoms with van der Waals surface area (Å²) in [6.07, 6.45) is 10.0. The molecular weight excluding hydrogens is 823 g/mol. The van der Waals surface area contributed by atoms with Crippen LogP contribution in [0.3, 0.4) is 0 Å². The Labute approximate surface area is 376 Å². The average Bonchev–Trinajstić information content (AvgIpc) is 3.84. The number of allylic oxidation sites excluding steroid dienone is 4. The van der Waals surface area contributed by atoms with Gasteiger partial charge in [-0.1, -0.05) is 117 Å². The first-order chi connectivity index (χ1) is 26.2. The van der Waals surface area contributed by atoms with Crippen molar-refractivity contribution in [2.45, 2.75) is 111 Å². The Hall–Kier alpha value is -3.48. The van der Waals surface area contributed by atoms with E-state index in [0.717, 1.165) is 6.42 Å². The van der Waals surface area contributed by atoms with Crippen molar-refractivity contribution in [3.8, 4) is 0 Å². The number of hydrogen-bond donors (Lipinski definition) is 0. The first-order valence-corrected chi connectivity index (χ1v) is 21.5. The Morgan fingerprint density at radius 3 is 1.17 bits per heavy atom. The summed E-state index contributed by atoms with van der Waals surface area (Å²) in [6.45, 7) is 28.0. The molecule has 0 spiro atoms. The molecule has 0 fully saturated rings. The Kier molecular flexibility index (Phi) is 15.0. The van der Waals surface area contributed by atoms with Crippen LogP contribution in [0.2, 0.25) is 0 Å². The molecule has 3 heteroatoms. The van der Waals surface area contributed by atoms with Crippen LogP contribution in [0.25, 0.3) is 43.1 Å². The van der Waals surface area contributed by atoms with Gasteiger partial charge in [-0.05, 0) is 21.7 Å². The summed E-state index contributed by atoms with van der Waals surface area (Å²) in [7, 11) is 0. The van der Waals surface area contributed by atoms with Gasteiger partial charge in [0.2, 0.25) is 0 Å². The van der Waals surface area contributed by atoms with E-state index < -0.39 is 0 Å². The second-order valence-electron chi connectivity index (χ2n) is 19.5.